The van der Waals surface area contributed by atoms with Crippen LogP contribution in [0.2, 0.25) is 0 Å². The largest absolute Gasteiger partial charge is 0.422 e. The normalized spacial score (nSPS) is 11.4. The maximum atomic E-state index is 5.55. The summed E-state index contributed by atoms with van der Waals surface area (Å²) in [7, 11) is 0. The zero-order valence-corrected chi connectivity index (χ0v) is 12.3. The first kappa shape index (κ1) is 13.4. The van der Waals surface area contributed by atoms with Gasteiger partial charge in [-0.3, -0.25) is 0 Å². The Hall–Kier alpha value is -2.62. The highest BCUT2D eigenvalue weighted by Crippen LogP contribution is 2.18. The molecule has 106 valence electrons. The third-order valence-electron chi connectivity index (χ3n) is 3.39. The minimum Gasteiger partial charge on any atom is -0.422 e. The van der Waals surface area contributed by atoms with Gasteiger partial charge in [0, 0.05) is 5.56 Å². The minimum atomic E-state index is 0.398. The third kappa shape index (κ3) is 2.79. The monoisotopic (exact) mass is 279 g/mol. The van der Waals surface area contributed by atoms with Gasteiger partial charge in [0.1, 0.15) is 5.52 Å². The highest BCUT2D eigenvalue weighted by Gasteiger charge is 2.04. The number of hydrogen-bond donors (Lipinski definition) is 1. The van der Waals surface area contributed by atoms with Gasteiger partial charge < -0.3 is 4.42 Å². The molecule has 0 aliphatic rings. The van der Waals surface area contributed by atoms with Crippen LogP contribution in [-0.4, -0.2) is 11.2 Å². The molecule has 0 atom stereocenters. The third-order valence-corrected chi connectivity index (χ3v) is 3.39. The molecule has 0 amide bonds. The Morgan fingerprint density at radius 3 is 2.52 bits per heavy atom. The lowest BCUT2D eigenvalue weighted by atomic mass is 10.0. The summed E-state index contributed by atoms with van der Waals surface area (Å²) < 4.78 is 5.55. The van der Waals surface area contributed by atoms with E-state index in [0.717, 1.165) is 16.7 Å². The van der Waals surface area contributed by atoms with Gasteiger partial charge >= 0.3 is 6.01 Å². The fourth-order valence-electron chi connectivity index (χ4n) is 2.47. The van der Waals surface area contributed by atoms with Crippen LogP contribution in [0.1, 0.15) is 22.3 Å². The molecule has 0 spiro atoms. The van der Waals surface area contributed by atoms with Crippen molar-refractivity contribution < 1.29 is 4.42 Å². The van der Waals surface area contributed by atoms with Crippen molar-refractivity contribution in [3.8, 4) is 0 Å². The number of nitrogens with one attached hydrogen (secondary N) is 1. The Balaban J connectivity index is 1.81. The first-order valence-corrected chi connectivity index (χ1v) is 6.86. The summed E-state index contributed by atoms with van der Waals surface area (Å²) in [6.07, 6.45) is 1.80. The molecular weight excluding hydrogens is 262 g/mol. The second kappa shape index (κ2) is 5.40. The fraction of sp³-hybridized carbons (Fsp3) is 0.176. The zero-order valence-electron chi connectivity index (χ0n) is 12.3. The molecule has 4 nitrogen and oxygen atoms in total. The average molecular weight is 279 g/mol. The molecule has 0 radical (unpaired) electrons. The van der Waals surface area contributed by atoms with Crippen molar-refractivity contribution in [1.29, 1.82) is 0 Å². The highest BCUT2D eigenvalue weighted by atomic mass is 16.4. The number of aryl methyl sites for hydroxylation is 3. The summed E-state index contributed by atoms with van der Waals surface area (Å²) in [6.45, 7) is 6.26. The molecule has 0 unspecified atom stereocenters. The summed E-state index contributed by atoms with van der Waals surface area (Å²) in [6, 6.07) is 12.3. The van der Waals surface area contributed by atoms with Crippen LogP contribution in [0, 0.1) is 20.8 Å². The molecule has 1 aromatic heterocycles. The van der Waals surface area contributed by atoms with Crippen molar-refractivity contribution in [3.63, 3.8) is 0 Å². The van der Waals surface area contributed by atoms with Gasteiger partial charge in [0.05, 0.1) is 6.21 Å². The molecule has 0 saturated carbocycles. The van der Waals surface area contributed by atoms with E-state index in [1.165, 1.54) is 16.7 Å². The molecule has 3 aromatic rings. The van der Waals surface area contributed by atoms with E-state index in [9.17, 15) is 0 Å². The van der Waals surface area contributed by atoms with Gasteiger partial charge in [-0.2, -0.15) is 10.1 Å². The Labute approximate surface area is 123 Å². The van der Waals surface area contributed by atoms with Gasteiger partial charge in [-0.1, -0.05) is 29.8 Å². The molecule has 0 aliphatic carbocycles. The number of anilines is 1. The van der Waals surface area contributed by atoms with Gasteiger partial charge in [0.2, 0.25) is 0 Å². The van der Waals surface area contributed by atoms with Crippen LogP contribution >= 0.6 is 0 Å². The Kier molecular flexibility index (Phi) is 3.44. The number of para-hydroxylation sites is 2. The van der Waals surface area contributed by atoms with Gasteiger partial charge in [-0.05, 0) is 44.0 Å². The van der Waals surface area contributed by atoms with Gasteiger partial charge in [-0.25, -0.2) is 5.43 Å². The molecule has 4 heteroatoms. The summed E-state index contributed by atoms with van der Waals surface area (Å²) in [5.41, 5.74) is 9.19. The van der Waals surface area contributed by atoms with Crippen LogP contribution in [0.5, 0.6) is 0 Å². The Morgan fingerprint density at radius 1 is 1.10 bits per heavy atom. The topological polar surface area (TPSA) is 50.4 Å². The van der Waals surface area contributed by atoms with Crippen LogP contribution in [0.15, 0.2) is 45.9 Å². The second-order valence-electron chi connectivity index (χ2n) is 5.17. The van der Waals surface area contributed by atoms with Gasteiger partial charge in [0.25, 0.3) is 0 Å². The molecule has 2 aromatic carbocycles. The maximum absolute atomic E-state index is 5.55. The molecule has 0 aliphatic heterocycles. The minimum absolute atomic E-state index is 0.398. The predicted molar refractivity (Wildman–Crippen MR) is 85.9 cm³/mol. The number of aromatic nitrogens is 1. The zero-order chi connectivity index (χ0) is 14.8. The number of hydrazone groups is 1. The second-order valence-corrected chi connectivity index (χ2v) is 5.17. The van der Waals surface area contributed by atoms with Crippen LogP contribution in [0.4, 0.5) is 6.01 Å². The quantitative estimate of drug-likeness (QED) is 0.577. The molecule has 3 rings (SSSR count). The maximum Gasteiger partial charge on any atom is 0.316 e. The summed E-state index contributed by atoms with van der Waals surface area (Å²) in [4.78, 5) is 4.31. The molecular formula is C17H17N3O. The van der Waals surface area contributed by atoms with E-state index >= 15 is 0 Å². The summed E-state index contributed by atoms with van der Waals surface area (Å²) in [5, 5.41) is 4.23. The average Bonchev–Trinajstić information content (AvgIpc) is 2.84. The van der Waals surface area contributed by atoms with Crippen LogP contribution in [0.25, 0.3) is 11.1 Å². The SMILES string of the molecule is Cc1cc(C)c(/C=N\Nc2nc3ccccc3o2)c(C)c1. The number of oxazole rings is 1. The predicted octanol–water partition coefficient (Wildman–Crippen LogP) is 4.20. The smallest absolute Gasteiger partial charge is 0.316 e. The summed E-state index contributed by atoms with van der Waals surface area (Å²) >= 11 is 0. The standard InChI is InChI=1S/C17H17N3O/c1-11-8-12(2)14(13(3)9-11)10-18-20-17-19-15-6-4-5-7-16(15)21-17/h4-10H,1-3H3,(H,19,20)/b18-10-. The van der Waals surface area contributed by atoms with E-state index in [4.69, 9.17) is 4.42 Å². The molecule has 0 bridgehead atoms. The lowest BCUT2D eigenvalue weighted by molar-refractivity contribution is 0.617. The van der Waals surface area contributed by atoms with E-state index in [1.807, 2.05) is 24.3 Å². The Morgan fingerprint density at radius 2 is 1.81 bits per heavy atom. The molecule has 0 saturated heterocycles. The van der Waals surface area contributed by atoms with E-state index in [0.29, 0.717) is 6.01 Å². The van der Waals surface area contributed by atoms with Crippen molar-refractivity contribution in [2.24, 2.45) is 5.10 Å². The fourth-order valence-corrected chi connectivity index (χ4v) is 2.47. The first-order valence-electron chi connectivity index (χ1n) is 6.86. The number of fused-ring (bicyclic) bond motifs is 1. The van der Waals surface area contributed by atoms with Crippen LogP contribution < -0.4 is 5.43 Å². The van der Waals surface area contributed by atoms with Crippen molar-refractivity contribution in [2.75, 3.05) is 5.43 Å². The van der Waals surface area contributed by atoms with Crippen LogP contribution in [-0.2, 0) is 0 Å². The number of benzene rings is 2. The van der Waals surface area contributed by atoms with Crippen molar-refractivity contribution in [1.82, 2.24) is 4.98 Å². The van der Waals surface area contributed by atoms with Crippen LogP contribution in [0.3, 0.4) is 0 Å². The van der Waals surface area contributed by atoms with Crippen molar-refractivity contribution in [3.05, 3.63) is 58.7 Å². The Bertz CT molecular complexity index is 762. The van der Waals surface area contributed by atoms with E-state index in [1.54, 1.807) is 6.21 Å². The van der Waals surface area contributed by atoms with Gasteiger partial charge in [-0.15, -0.1) is 0 Å². The van der Waals surface area contributed by atoms with Crippen molar-refractivity contribution in [2.45, 2.75) is 20.8 Å². The molecule has 21 heavy (non-hydrogen) atoms. The van der Waals surface area contributed by atoms with Crippen molar-refractivity contribution >= 4 is 23.3 Å². The van der Waals surface area contributed by atoms with E-state index < -0.39 is 0 Å². The summed E-state index contributed by atoms with van der Waals surface area (Å²) in [5.74, 6) is 0. The number of rotatable bonds is 3. The van der Waals surface area contributed by atoms with Gasteiger partial charge in [0.15, 0.2) is 5.58 Å². The molecule has 1 N–H and O–H groups in total. The highest BCUT2D eigenvalue weighted by molar-refractivity contribution is 5.84. The number of hydrogen-bond acceptors (Lipinski definition) is 4. The first-order chi connectivity index (χ1) is 10.1. The number of nitrogens with zero attached hydrogens (tertiary/aromatic N) is 2. The van der Waals surface area contributed by atoms with E-state index in [-0.39, 0.29) is 0 Å². The molecule has 1 heterocycles. The molecule has 0 fully saturated rings. The lowest BCUT2D eigenvalue weighted by Crippen LogP contribution is -1.96. The lowest BCUT2D eigenvalue weighted by Gasteiger charge is -2.06. The van der Waals surface area contributed by atoms with E-state index in [2.05, 4.69) is 48.4 Å².